The lowest BCUT2D eigenvalue weighted by atomic mass is 9.67. The Bertz CT molecular complexity index is 3670. The summed E-state index contributed by atoms with van der Waals surface area (Å²) in [7, 11) is 0. The van der Waals surface area contributed by atoms with Crippen LogP contribution in [0.5, 0.6) is 0 Å². The van der Waals surface area contributed by atoms with Crippen molar-refractivity contribution in [2.24, 2.45) is 0 Å². The normalized spacial score (nSPS) is 12.8. The molecule has 64 heavy (non-hydrogen) atoms. The van der Waals surface area contributed by atoms with Gasteiger partial charge in [0.1, 0.15) is 11.2 Å². The molecule has 3 heteroatoms. The average Bonchev–Trinajstić information content (AvgIpc) is 4.03. The highest BCUT2D eigenvalue weighted by molar-refractivity contribution is 7.25. The van der Waals surface area contributed by atoms with Gasteiger partial charge in [0.15, 0.2) is 0 Å². The third-order valence-corrected chi connectivity index (χ3v) is 14.5. The monoisotopic (exact) mass is 833 g/mol. The van der Waals surface area contributed by atoms with Crippen LogP contribution in [0.3, 0.4) is 0 Å². The summed E-state index contributed by atoms with van der Waals surface area (Å²) in [6.45, 7) is 0. The van der Waals surface area contributed by atoms with Crippen LogP contribution in [0.2, 0.25) is 0 Å². The maximum absolute atomic E-state index is 6.49. The van der Waals surface area contributed by atoms with Gasteiger partial charge in [0, 0.05) is 53.6 Å². The van der Waals surface area contributed by atoms with Gasteiger partial charge in [-0.3, -0.25) is 0 Å². The van der Waals surface area contributed by atoms with Crippen LogP contribution in [0.1, 0.15) is 22.3 Å². The zero-order valence-corrected chi connectivity index (χ0v) is 35.6. The van der Waals surface area contributed by atoms with Crippen LogP contribution in [-0.2, 0) is 5.41 Å². The molecule has 0 saturated carbocycles. The Labute approximate surface area is 375 Å². The molecule has 10 aromatic carbocycles. The number of thiophene rings is 1. The molecule has 2 nitrogen and oxygen atoms in total. The highest BCUT2D eigenvalue weighted by Crippen LogP contribution is 2.57. The molecular formula is C61H39NOS. The first-order valence-corrected chi connectivity index (χ1v) is 22.7. The molecule has 13 rings (SSSR count). The number of fused-ring (bicyclic) bond motifs is 9. The van der Waals surface area contributed by atoms with Crippen molar-refractivity contribution in [1.29, 1.82) is 0 Å². The van der Waals surface area contributed by atoms with E-state index >= 15 is 0 Å². The predicted octanol–water partition coefficient (Wildman–Crippen LogP) is 17.1. The molecule has 0 bridgehead atoms. The Kier molecular flexibility index (Phi) is 8.34. The number of hydrogen-bond acceptors (Lipinski definition) is 3. The number of benzene rings is 10. The lowest BCUT2D eigenvalue weighted by Gasteiger charge is -2.35. The Morgan fingerprint density at radius 3 is 1.67 bits per heavy atom. The van der Waals surface area contributed by atoms with Crippen molar-refractivity contribution in [1.82, 2.24) is 0 Å². The molecule has 0 aliphatic heterocycles. The summed E-state index contributed by atoms with van der Waals surface area (Å²) in [4.78, 5) is 2.41. The molecule has 12 aromatic rings. The number of furan rings is 1. The highest BCUT2D eigenvalue weighted by atomic mass is 32.1. The molecular weight excluding hydrogens is 795 g/mol. The minimum absolute atomic E-state index is 0.514. The molecule has 0 atom stereocenters. The molecule has 2 aromatic heterocycles. The lowest BCUT2D eigenvalue weighted by molar-refractivity contribution is 0.670. The summed E-state index contributed by atoms with van der Waals surface area (Å²) >= 11 is 1.86. The summed E-state index contributed by atoms with van der Waals surface area (Å²) < 4.78 is 9.13. The van der Waals surface area contributed by atoms with Crippen LogP contribution in [0.15, 0.2) is 241 Å². The van der Waals surface area contributed by atoms with Crippen molar-refractivity contribution < 1.29 is 4.42 Å². The Morgan fingerprint density at radius 1 is 0.344 bits per heavy atom. The van der Waals surface area contributed by atoms with Crippen LogP contribution in [-0.4, -0.2) is 0 Å². The van der Waals surface area contributed by atoms with Gasteiger partial charge in [0.2, 0.25) is 0 Å². The standard InChI is InChI=1S/C61H39NOS/c1-3-14-43(15-4-1)61(44-16-5-2-6-17-44)55-23-10-7-18-49(55)50-36-35-47(39-56(50)61)62(45-31-26-40(27-32-45)42-30-37-59-54(38-42)52-20-9-12-25-58(52)64-59)46-33-28-41(29-34-46)48-21-13-22-53-51-19-8-11-24-57(51)63-60(48)53/h1-39H. The summed E-state index contributed by atoms with van der Waals surface area (Å²) in [6, 6.07) is 86.6. The molecule has 0 fully saturated rings. The van der Waals surface area contributed by atoms with Crippen LogP contribution < -0.4 is 4.90 Å². The number of nitrogens with zero attached hydrogens (tertiary/aromatic N) is 1. The molecule has 0 saturated heterocycles. The topological polar surface area (TPSA) is 16.4 Å². The van der Waals surface area contributed by atoms with Gasteiger partial charge >= 0.3 is 0 Å². The number of para-hydroxylation sites is 2. The third kappa shape index (κ3) is 5.58. The summed E-state index contributed by atoms with van der Waals surface area (Å²) in [5, 5.41) is 4.88. The van der Waals surface area contributed by atoms with E-state index in [1.54, 1.807) is 0 Å². The molecule has 0 spiro atoms. The van der Waals surface area contributed by atoms with Crippen molar-refractivity contribution >= 4 is 70.5 Å². The van der Waals surface area contributed by atoms with Crippen LogP contribution in [0.4, 0.5) is 17.1 Å². The molecule has 0 unspecified atom stereocenters. The van der Waals surface area contributed by atoms with Crippen molar-refractivity contribution in [3.63, 3.8) is 0 Å². The predicted molar refractivity (Wildman–Crippen MR) is 269 cm³/mol. The van der Waals surface area contributed by atoms with E-state index in [9.17, 15) is 0 Å². The SMILES string of the molecule is c1ccc(C2(c3ccccc3)c3ccccc3-c3ccc(N(c4ccc(-c5ccc6sc7ccccc7c6c5)cc4)c4ccc(-c5cccc6c5oc5ccccc56)cc4)cc32)cc1. The maximum atomic E-state index is 6.49. The molecule has 300 valence electrons. The van der Waals surface area contributed by atoms with Gasteiger partial charge < -0.3 is 9.32 Å². The van der Waals surface area contributed by atoms with E-state index in [2.05, 4.69) is 229 Å². The second-order valence-electron chi connectivity index (χ2n) is 16.8. The number of rotatable bonds is 7. The zero-order valence-electron chi connectivity index (χ0n) is 34.8. The van der Waals surface area contributed by atoms with E-state index < -0.39 is 5.41 Å². The largest absolute Gasteiger partial charge is 0.455 e. The van der Waals surface area contributed by atoms with Gasteiger partial charge in [0.25, 0.3) is 0 Å². The highest BCUT2D eigenvalue weighted by Gasteiger charge is 2.46. The van der Waals surface area contributed by atoms with E-state index in [0.29, 0.717) is 0 Å². The van der Waals surface area contributed by atoms with Crippen molar-refractivity contribution in [2.45, 2.75) is 5.41 Å². The van der Waals surface area contributed by atoms with E-state index in [0.717, 1.165) is 50.1 Å². The van der Waals surface area contributed by atoms with E-state index in [1.807, 2.05) is 23.5 Å². The van der Waals surface area contributed by atoms with Crippen molar-refractivity contribution in [3.8, 4) is 33.4 Å². The van der Waals surface area contributed by atoms with Gasteiger partial charge in [-0.2, -0.15) is 0 Å². The van der Waals surface area contributed by atoms with Gasteiger partial charge in [0.05, 0.1) is 5.41 Å². The van der Waals surface area contributed by atoms with Crippen LogP contribution in [0, 0.1) is 0 Å². The fourth-order valence-corrected chi connectivity index (χ4v) is 11.6. The molecule has 2 heterocycles. The maximum Gasteiger partial charge on any atom is 0.143 e. The van der Waals surface area contributed by atoms with Crippen LogP contribution in [0.25, 0.3) is 75.5 Å². The third-order valence-electron chi connectivity index (χ3n) is 13.4. The first kappa shape index (κ1) is 36.7. The minimum Gasteiger partial charge on any atom is -0.455 e. The molecule has 0 radical (unpaired) electrons. The molecule has 0 N–H and O–H groups in total. The van der Waals surface area contributed by atoms with E-state index in [-0.39, 0.29) is 0 Å². The fourth-order valence-electron chi connectivity index (χ4n) is 10.5. The smallest absolute Gasteiger partial charge is 0.143 e. The first-order valence-electron chi connectivity index (χ1n) is 21.9. The number of anilines is 3. The summed E-state index contributed by atoms with van der Waals surface area (Å²) in [5.41, 5.74) is 16.7. The van der Waals surface area contributed by atoms with Gasteiger partial charge in [-0.05, 0) is 111 Å². The first-order chi connectivity index (χ1) is 31.7. The minimum atomic E-state index is -0.514. The van der Waals surface area contributed by atoms with E-state index in [1.165, 1.54) is 64.7 Å². The Morgan fingerprint density at radius 2 is 0.906 bits per heavy atom. The van der Waals surface area contributed by atoms with Crippen molar-refractivity contribution in [3.05, 3.63) is 259 Å². The second-order valence-corrected chi connectivity index (χ2v) is 17.9. The average molecular weight is 834 g/mol. The van der Waals surface area contributed by atoms with Crippen LogP contribution >= 0.6 is 11.3 Å². The lowest BCUT2D eigenvalue weighted by Crippen LogP contribution is -2.28. The second kappa shape index (κ2) is 14.6. The molecule has 1 aliphatic carbocycles. The summed E-state index contributed by atoms with van der Waals surface area (Å²) in [5.74, 6) is 0. The van der Waals surface area contributed by atoms with E-state index in [4.69, 9.17) is 4.42 Å². The van der Waals surface area contributed by atoms with Gasteiger partial charge in [-0.1, -0.05) is 176 Å². The number of hydrogen-bond donors (Lipinski definition) is 0. The van der Waals surface area contributed by atoms with Crippen molar-refractivity contribution in [2.75, 3.05) is 4.90 Å². The zero-order chi connectivity index (χ0) is 42.2. The fraction of sp³-hybridized carbons (Fsp3) is 0.0164. The molecule has 1 aliphatic rings. The molecule has 0 amide bonds. The summed E-state index contributed by atoms with van der Waals surface area (Å²) in [6.07, 6.45) is 0. The quantitative estimate of drug-likeness (QED) is 0.159. The Hall–Kier alpha value is -7.98. The van der Waals surface area contributed by atoms with Gasteiger partial charge in [-0.25, -0.2) is 0 Å². The Balaban J connectivity index is 0.983. The van der Waals surface area contributed by atoms with Gasteiger partial charge in [-0.15, -0.1) is 11.3 Å².